The first-order valence-electron chi connectivity index (χ1n) is 9.93. The molecule has 0 radical (unpaired) electrons. The number of nitrogens with zero attached hydrogens (tertiary/aromatic N) is 4. The summed E-state index contributed by atoms with van der Waals surface area (Å²) < 4.78 is 5.38. The smallest absolute Gasteiger partial charge is 0.255 e. The molecule has 1 aromatic heterocycles. The number of pyridine rings is 1. The lowest BCUT2D eigenvalue weighted by Gasteiger charge is -2.30. The van der Waals surface area contributed by atoms with Crippen molar-refractivity contribution in [3.8, 4) is 0 Å². The summed E-state index contributed by atoms with van der Waals surface area (Å²) in [5.74, 6) is 0.973. The Morgan fingerprint density at radius 3 is 2.64 bits per heavy atom. The van der Waals surface area contributed by atoms with Gasteiger partial charge in [-0.05, 0) is 49.3 Å². The van der Waals surface area contributed by atoms with E-state index in [4.69, 9.17) is 4.74 Å². The van der Waals surface area contributed by atoms with Crippen molar-refractivity contribution in [2.45, 2.75) is 19.5 Å². The van der Waals surface area contributed by atoms with Crippen molar-refractivity contribution >= 4 is 11.7 Å². The number of amides is 1. The van der Waals surface area contributed by atoms with Crippen molar-refractivity contribution in [3.63, 3.8) is 0 Å². The molecule has 0 N–H and O–H groups in total. The summed E-state index contributed by atoms with van der Waals surface area (Å²) in [6.07, 6.45) is 2.62. The van der Waals surface area contributed by atoms with E-state index in [-0.39, 0.29) is 5.91 Å². The van der Waals surface area contributed by atoms with Gasteiger partial charge in [0.15, 0.2) is 0 Å². The highest BCUT2D eigenvalue weighted by Crippen LogP contribution is 2.23. The van der Waals surface area contributed by atoms with Crippen LogP contribution in [0.15, 0.2) is 36.5 Å². The molecule has 2 aliphatic rings. The number of rotatable bonds is 4. The van der Waals surface area contributed by atoms with Gasteiger partial charge in [-0.2, -0.15) is 0 Å². The van der Waals surface area contributed by atoms with Crippen molar-refractivity contribution in [3.05, 3.63) is 58.8 Å². The molecule has 0 spiro atoms. The normalized spacial score (nSPS) is 17.0. The number of hydrogen-bond acceptors (Lipinski definition) is 5. The van der Waals surface area contributed by atoms with E-state index < -0.39 is 0 Å². The molecule has 28 heavy (non-hydrogen) atoms. The van der Waals surface area contributed by atoms with Crippen LogP contribution in [-0.4, -0.2) is 67.6 Å². The monoisotopic (exact) mass is 380 g/mol. The van der Waals surface area contributed by atoms with E-state index in [1.807, 2.05) is 17.0 Å². The van der Waals surface area contributed by atoms with Crippen LogP contribution in [0.3, 0.4) is 0 Å². The molecule has 6 nitrogen and oxygen atoms in total. The van der Waals surface area contributed by atoms with Crippen LogP contribution in [0.1, 0.15) is 27.0 Å². The Morgan fingerprint density at radius 1 is 1.11 bits per heavy atom. The second kappa shape index (κ2) is 8.29. The molecule has 0 bridgehead atoms. The molecule has 1 aromatic carbocycles. The van der Waals surface area contributed by atoms with E-state index in [0.717, 1.165) is 51.6 Å². The molecule has 1 amide bonds. The molecule has 4 rings (SSSR count). The maximum absolute atomic E-state index is 13.0. The maximum atomic E-state index is 13.0. The summed E-state index contributed by atoms with van der Waals surface area (Å²) in [7, 11) is 4.16. The molecular weight excluding hydrogens is 352 g/mol. The summed E-state index contributed by atoms with van der Waals surface area (Å²) >= 11 is 0. The fourth-order valence-corrected chi connectivity index (χ4v) is 3.92. The van der Waals surface area contributed by atoms with Crippen LogP contribution in [0, 0.1) is 0 Å². The number of ether oxygens (including phenoxy) is 1. The quantitative estimate of drug-likeness (QED) is 0.814. The van der Waals surface area contributed by atoms with Crippen molar-refractivity contribution in [2.24, 2.45) is 0 Å². The Balaban J connectivity index is 1.43. The maximum Gasteiger partial charge on any atom is 0.255 e. The van der Waals surface area contributed by atoms with Gasteiger partial charge in [-0.3, -0.25) is 4.79 Å². The molecule has 0 aliphatic carbocycles. The number of benzene rings is 1. The molecule has 0 atom stereocenters. The van der Waals surface area contributed by atoms with E-state index in [9.17, 15) is 4.79 Å². The van der Waals surface area contributed by atoms with Crippen LogP contribution in [-0.2, 0) is 24.2 Å². The predicted octanol–water partition coefficient (Wildman–Crippen LogP) is 2.18. The Hall–Kier alpha value is -2.44. The number of carbonyl (C=O) groups excluding carboxylic acids is 1. The summed E-state index contributed by atoms with van der Waals surface area (Å²) in [4.78, 5) is 23.8. The molecular formula is C22H28N4O2. The molecule has 6 heteroatoms. The standard InChI is InChI=1S/C22H28N4O2/c1-24(2)15-17-3-4-20-16-26(8-7-18(20)13-17)22(27)19-5-6-21(23-14-19)25-9-11-28-12-10-25/h3-6,13-14H,7-12,15-16H2,1-2H3. The zero-order chi connectivity index (χ0) is 19.5. The number of anilines is 1. The van der Waals surface area contributed by atoms with Crippen LogP contribution in [0.4, 0.5) is 5.82 Å². The van der Waals surface area contributed by atoms with Crippen LogP contribution in [0.5, 0.6) is 0 Å². The molecule has 2 aliphatic heterocycles. The minimum Gasteiger partial charge on any atom is -0.378 e. The minimum absolute atomic E-state index is 0.0593. The molecule has 3 heterocycles. The van der Waals surface area contributed by atoms with E-state index in [2.05, 4.69) is 47.1 Å². The van der Waals surface area contributed by atoms with Gasteiger partial charge in [0.05, 0.1) is 18.8 Å². The summed E-state index contributed by atoms with van der Waals surface area (Å²) in [6, 6.07) is 10.5. The lowest BCUT2D eigenvalue weighted by atomic mass is 9.96. The van der Waals surface area contributed by atoms with Crippen molar-refractivity contribution in [1.82, 2.24) is 14.8 Å². The Morgan fingerprint density at radius 2 is 1.93 bits per heavy atom. The lowest BCUT2D eigenvalue weighted by Crippen LogP contribution is -2.37. The van der Waals surface area contributed by atoms with Gasteiger partial charge in [-0.1, -0.05) is 18.2 Å². The first-order chi connectivity index (χ1) is 13.6. The predicted molar refractivity (Wildman–Crippen MR) is 110 cm³/mol. The first kappa shape index (κ1) is 18.9. The zero-order valence-corrected chi connectivity index (χ0v) is 16.7. The highest BCUT2D eigenvalue weighted by Gasteiger charge is 2.23. The summed E-state index contributed by atoms with van der Waals surface area (Å²) in [5, 5.41) is 0. The van der Waals surface area contributed by atoms with Gasteiger partial charge < -0.3 is 19.4 Å². The van der Waals surface area contributed by atoms with Gasteiger partial charge in [0.25, 0.3) is 5.91 Å². The van der Waals surface area contributed by atoms with Crippen LogP contribution in [0.25, 0.3) is 0 Å². The molecule has 0 unspecified atom stereocenters. The number of hydrogen-bond donors (Lipinski definition) is 0. The van der Waals surface area contributed by atoms with Gasteiger partial charge in [0.2, 0.25) is 0 Å². The van der Waals surface area contributed by atoms with Crippen LogP contribution >= 0.6 is 0 Å². The average molecular weight is 380 g/mol. The third kappa shape index (κ3) is 4.18. The fraction of sp³-hybridized carbons (Fsp3) is 0.455. The molecule has 1 fully saturated rings. The first-order valence-corrected chi connectivity index (χ1v) is 9.93. The topological polar surface area (TPSA) is 48.9 Å². The van der Waals surface area contributed by atoms with Crippen molar-refractivity contribution < 1.29 is 9.53 Å². The largest absolute Gasteiger partial charge is 0.378 e. The molecule has 0 saturated carbocycles. The minimum atomic E-state index is 0.0593. The number of carbonyl (C=O) groups is 1. The van der Waals surface area contributed by atoms with Gasteiger partial charge in [-0.25, -0.2) is 4.98 Å². The van der Waals surface area contributed by atoms with E-state index in [1.54, 1.807) is 6.20 Å². The third-order valence-electron chi connectivity index (χ3n) is 5.40. The van der Waals surface area contributed by atoms with E-state index in [1.165, 1.54) is 16.7 Å². The summed E-state index contributed by atoms with van der Waals surface area (Å²) in [5.41, 5.74) is 4.60. The van der Waals surface area contributed by atoms with Crippen molar-refractivity contribution in [2.75, 3.05) is 51.8 Å². The van der Waals surface area contributed by atoms with Gasteiger partial charge in [-0.15, -0.1) is 0 Å². The molecule has 2 aromatic rings. The fourth-order valence-electron chi connectivity index (χ4n) is 3.92. The Kier molecular flexibility index (Phi) is 5.59. The highest BCUT2D eigenvalue weighted by molar-refractivity contribution is 5.94. The number of morpholine rings is 1. The number of fused-ring (bicyclic) bond motifs is 1. The highest BCUT2D eigenvalue weighted by atomic mass is 16.5. The third-order valence-corrected chi connectivity index (χ3v) is 5.40. The lowest BCUT2D eigenvalue weighted by molar-refractivity contribution is 0.0734. The molecule has 1 saturated heterocycles. The average Bonchev–Trinajstić information content (AvgIpc) is 2.73. The number of aromatic nitrogens is 1. The van der Waals surface area contributed by atoms with Gasteiger partial charge >= 0.3 is 0 Å². The second-order valence-corrected chi connectivity index (χ2v) is 7.82. The van der Waals surface area contributed by atoms with E-state index >= 15 is 0 Å². The van der Waals surface area contributed by atoms with E-state index in [0.29, 0.717) is 12.1 Å². The van der Waals surface area contributed by atoms with Crippen LogP contribution < -0.4 is 4.90 Å². The molecule has 148 valence electrons. The van der Waals surface area contributed by atoms with Crippen LogP contribution in [0.2, 0.25) is 0 Å². The Labute approximate surface area is 166 Å². The SMILES string of the molecule is CN(C)Cc1ccc2c(c1)CCN(C(=O)c1ccc(N3CCOCC3)nc1)C2. The Bertz CT molecular complexity index is 829. The summed E-state index contributed by atoms with van der Waals surface area (Å²) in [6.45, 7) is 5.51. The second-order valence-electron chi connectivity index (χ2n) is 7.82. The van der Waals surface area contributed by atoms with Gasteiger partial charge in [0.1, 0.15) is 5.82 Å². The van der Waals surface area contributed by atoms with Gasteiger partial charge in [0, 0.05) is 38.9 Å². The van der Waals surface area contributed by atoms with Crippen molar-refractivity contribution in [1.29, 1.82) is 0 Å². The zero-order valence-electron chi connectivity index (χ0n) is 16.7.